The monoisotopic (exact) mass is 336 g/mol. The highest BCUT2D eigenvalue weighted by Crippen LogP contribution is 2.26. The molecule has 0 aliphatic rings. The third kappa shape index (κ3) is 3.55. The zero-order valence-electron chi connectivity index (χ0n) is 14.5. The molecule has 5 nitrogen and oxygen atoms in total. The Bertz CT molecular complexity index is 922. The number of carbonyl (C=O) groups is 1. The van der Waals surface area contributed by atoms with Gasteiger partial charge >= 0.3 is 0 Å². The maximum atomic E-state index is 12.8. The Morgan fingerprint density at radius 2 is 1.96 bits per heavy atom. The van der Waals surface area contributed by atoms with E-state index in [9.17, 15) is 4.79 Å². The SMILES string of the molecule is CCOc1ccccc1NC(=O)c1cc2cc(OC)ccc2nc1C. The van der Waals surface area contributed by atoms with Crippen LogP contribution in [0.15, 0.2) is 48.5 Å². The average Bonchev–Trinajstić information content (AvgIpc) is 2.62. The summed E-state index contributed by atoms with van der Waals surface area (Å²) in [5, 5.41) is 3.77. The maximum absolute atomic E-state index is 12.8. The van der Waals surface area contributed by atoms with Gasteiger partial charge in [0.2, 0.25) is 0 Å². The van der Waals surface area contributed by atoms with Gasteiger partial charge in [-0.05, 0) is 50.2 Å². The quantitative estimate of drug-likeness (QED) is 0.758. The second kappa shape index (κ2) is 7.21. The molecule has 5 heteroatoms. The molecular formula is C20H20N2O3. The normalized spacial score (nSPS) is 10.5. The summed E-state index contributed by atoms with van der Waals surface area (Å²) in [7, 11) is 1.61. The number of hydrogen-bond donors (Lipinski definition) is 1. The fourth-order valence-corrected chi connectivity index (χ4v) is 2.65. The fraction of sp³-hybridized carbons (Fsp3) is 0.200. The molecule has 1 amide bonds. The molecule has 0 radical (unpaired) electrons. The van der Waals surface area contributed by atoms with Gasteiger partial charge in [0.15, 0.2) is 0 Å². The van der Waals surface area contributed by atoms with E-state index in [1.54, 1.807) is 7.11 Å². The van der Waals surface area contributed by atoms with E-state index >= 15 is 0 Å². The zero-order valence-corrected chi connectivity index (χ0v) is 14.5. The van der Waals surface area contributed by atoms with Crippen LogP contribution in [0.1, 0.15) is 23.0 Å². The van der Waals surface area contributed by atoms with E-state index in [1.165, 1.54) is 0 Å². The van der Waals surface area contributed by atoms with Crippen molar-refractivity contribution < 1.29 is 14.3 Å². The number of ether oxygens (including phenoxy) is 2. The Balaban J connectivity index is 1.95. The fourth-order valence-electron chi connectivity index (χ4n) is 2.65. The molecule has 0 saturated carbocycles. The van der Waals surface area contributed by atoms with Crippen LogP contribution >= 0.6 is 0 Å². The van der Waals surface area contributed by atoms with Crippen molar-refractivity contribution in [1.82, 2.24) is 4.98 Å². The first kappa shape index (κ1) is 16.8. The highest BCUT2D eigenvalue weighted by atomic mass is 16.5. The van der Waals surface area contributed by atoms with Gasteiger partial charge in [0, 0.05) is 5.39 Å². The highest BCUT2D eigenvalue weighted by molar-refractivity contribution is 6.07. The molecule has 3 rings (SSSR count). The number of rotatable bonds is 5. The number of para-hydroxylation sites is 2. The molecule has 0 saturated heterocycles. The molecule has 1 aromatic heterocycles. The van der Waals surface area contributed by atoms with E-state index in [0.29, 0.717) is 29.3 Å². The summed E-state index contributed by atoms with van der Waals surface area (Å²) >= 11 is 0. The maximum Gasteiger partial charge on any atom is 0.257 e. The highest BCUT2D eigenvalue weighted by Gasteiger charge is 2.14. The first-order chi connectivity index (χ1) is 12.1. The Labute approximate surface area is 146 Å². The second-order valence-electron chi connectivity index (χ2n) is 5.56. The number of benzene rings is 2. The van der Waals surface area contributed by atoms with Crippen LogP contribution in [0.3, 0.4) is 0 Å². The number of aromatic nitrogens is 1. The van der Waals surface area contributed by atoms with E-state index in [2.05, 4.69) is 10.3 Å². The van der Waals surface area contributed by atoms with Crippen LogP contribution < -0.4 is 14.8 Å². The molecular weight excluding hydrogens is 316 g/mol. The van der Waals surface area contributed by atoms with Crippen LogP contribution in [-0.4, -0.2) is 24.6 Å². The van der Waals surface area contributed by atoms with Gasteiger partial charge in [0.05, 0.1) is 36.2 Å². The molecule has 0 aliphatic carbocycles. The number of nitrogens with one attached hydrogen (secondary N) is 1. The molecule has 0 unspecified atom stereocenters. The van der Waals surface area contributed by atoms with Gasteiger partial charge < -0.3 is 14.8 Å². The summed E-state index contributed by atoms with van der Waals surface area (Å²) in [5.41, 5.74) is 2.65. The van der Waals surface area contributed by atoms with Crippen molar-refractivity contribution in [3.8, 4) is 11.5 Å². The average molecular weight is 336 g/mol. The summed E-state index contributed by atoms with van der Waals surface area (Å²) in [6.45, 7) is 4.26. The first-order valence-electron chi connectivity index (χ1n) is 8.11. The van der Waals surface area contributed by atoms with E-state index in [4.69, 9.17) is 9.47 Å². The minimum Gasteiger partial charge on any atom is -0.497 e. The number of amides is 1. The molecule has 0 fully saturated rings. The minimum atomic E-state index is -0.220. The van der Waals surface area contributed by atoms with E-state index in [-0.39, 0.29) is 5.91 Å². The lowest BCUT2D eigenvalue weighted by Gasteiger charge is -2.13. The number of methoxy groups -OCH3 is 1. The smallest absolute Gasteiger partial charge is 0.257 e. The summed E-state index contributed by atoms with van der Waals surface area (Å²) < 4.78 is 10.8. The van der Waals surface area contributed by atoms with Crippen molar-refractivity contribution in [2.24, 2.45) is 0 Å². The summed E-state index contributed by atoms with van der Waals surface area (Å²) in [6.07, 6.45) is 0. The number of pyridine rings is 1. The molecule has 2 aromatic carbocycles. The second-order valence-corrected chi connectivity index (χ2v) is 5.56. The van der Waals surface area contributed by atoms with Crippen LogP contribution in [-0.2, 0) is 0 Å². The van der Waals surface area contributed by atoms with Crippen molar-refractivity contribution >= 4 is 22.5 Å². The molecule has 0 spiro atoms. The molecule has 3 aromatic rings. The third-order valence-electron chi connectivity index (χ3n) is 3.89. The number of aryl methyl sites for hydroxylation is 1. The molecule has 128 valence electrons. The lowest BCUT2D eigenvalue weighted by molar-refractivity contribution is 0.102. The summed E-state index contributed by atoms with van der Waals surface area (Å²) in [4.78, 5) is 17.3. The molecule has 1 heterocycles. The van der Waals surface area contributed by atoms with Crippen LogP contribution in [0.4, 0.5) is 5.69 Å². The number of hydrogen-bond acceptors (Lipinski definition) is 4. The van der Waals surface area contributed by atoms with Gasteiger partial charge in [-0.25, -0.2) is 0 Å². The van der Waals surface area contributed by atoms with Crippen LogP contribution in [0.25, 0.3) is 10.9 Å². The molecule has 25 heavy (non-hydrogen) atoms. The molecule has 1 N–H and O–H groups in total. The van der Waals surface area contributed by atoms with Gasteiger partial charge in [-0.3, -0.25) is 9.78 Å². The first-order valence-corrected chi connectivity index (χ1v) is 8.11. The number of fused-ring (bicyclic) bond motifs is 1. The van der Waals surface area contributed by atoms with Gasteiger partial charge in [0.1, 0.15) is 11.5 Å². The Morgan fingerprint density at radius 3 is 2.72 bits per heavy atom. The van der Waals surface area contributed by atoms with Crippen molar-refractivity contribution in [2.45, 2.75) is 13.8 Å². The van der Waals surface area contributed by atoms with Crippen molar-refractivity contribution in [2.75, 3.05) is 19.0 Å². The van der Waals surface area contributed by atoms with Gasteiger partial charge in [0.25, 0.3) is 5.91 Å². The Morgan fingerprint density at radius 1 is 1.16 bits per heavy atom. The van der Waals surface area contributed by atoms with Gasteiger partial charge in [-0.2, -0.15) is 0 Å². The number of anilines is 1. The van der Waals surface area contributed by atoms with Crippen LogP contribution in [0, 0.1) is 6.92 Å². The number of carbonyl (C=O) groups excluding carboxylic acids is 1. The predicted molar refractivity (Wildman–Crippen MR) is 98.6 cm³/mol. The number of nitrogens with zero attached hydrogens (tertiary/aromatic N) is 1. The lowest BCUT2D eigenvalue weighted by atomic mass is 10.1. The predicted octanol–water partition coefficient (Wildman–Crippen LogP) is 4.20. The van der Waals surface area contributed by atoms with Crippen LogP contribution in [0.2, 0.25) is 0 Å². The van der Waals surface area contributed by atoms with Gasteiger partial charge in [-0.1, -0.05) is 12.1 Å². The topological polar surface area (TPSA) is 60.5 Å². The molecule has 0 bridgehead atoms. The van der Waals surface area contributed by atoms with Crippen molar-refractivity contribution in [3.05, 3.63) is 59.8 Å². The molecule has 0 atom stereocenters. The van der Waals surface area contributed by atoms with Crippen molar-refractivity contribution in [1.29, 1.82) is 0 Å². The van der Waals surface area contributed by atoms with E-state index < -0.39 is 0 Å². The van der Waals surface area contributed by atoms with E-state index in [0.717, 1.165) is 16.7 Å². The lowest BCUT2D eigenvalue weighted by Crippen LogP contribution is -2.15. The van der Waals surface area contributed by atoms with Gasteiger partial charge in [-0.15, -0.1) is 0 Å². The van der Waals surface area contributed by atoms with E-state index in [1.807, 2.05) is 62.4 Å². The zero-order chi connectivity index (χ0) is 17.8. The minimum absolute atomic E-state index is 0.220. The van der Waals surface area contributed by atoms with Crippen molar-refractivity contribution in [3.63, 3.8) is 0 Å². The Kier molecular flexibility index (Phi) is 4.84. The standard InChI is InChI=1S/C20H20N2O3/c1-4-25-19-8-6-5-7-18(19)22-20(23)16-12-14-11-15(24-3)9-10-17(14)21-13(16)2/h5-12H,4H2,1-3H3,(H,22,23). The molecule has 0 aliphatic heterocycles. The Hall–Kier alpha value is -3.08. The summed E-state index contributed by atoms with van der Waals surface area (Å²) in [5.74, 6) is 1.15. The van der Waals surface area contributed by atoms with Crippen LogP contribution in [0.5, 0.6) is 11.5 Å². The third-order valence-corrected chi connectivity index (χ3v) is 3.89. The summed E-state index contributed by atoms with van der Waals surface area (Å²) in [6, 6.07) is 14.8. The largest absolute Gasteiger partial charge is 0.497 e.